The zero-order valence-corrected chi connectivity index (χ0v) is 11.5. The van der Waals surface area contributed by atoms with E-state index in [2.05, 4.69) is 11.9 Å². The van der Waals surface area contributed by atoms with Crippen LogP contribution in [0.15, 0.2) is 24.5 Å². The lowest BCUT2D eigenvalue weighted by atomic mass is 9.99. The van der Waals surface area contributed by atoms with Crippen molar-refractivity contribution in [3.63, 3.8) is 0 Å². The summed E-state index contributed by atoms with van der Waals surface area (Å²) in [6, 6.07) is 5.21. The van der Waals surface area contributed by atoms with Crippen molar-refractivity contribution in [2.75, 3.05) is 6.61 Å². The summed E-state index contributed by atoms with van der Waals surface area (Å²) in [4.78, 5) is 15.7. The molecule has 0 spiro atoms. The van der Waals surface area contributed by atoms with Gasteiger partial charge < -0.3 is 14.4 Å². The summed E-state index contributed by atoms with van der Waals surface area (Å²) < 4.78 is 7.66. The highest BCUT2D eigenvalue weighted by Crippen LogP contribution is 2.27. The van der Waals surface area contributed by atoms with Gasteiger partial charge in [0.15, 0.2) is 0 Å². The Kier molecular flexibility index (Phi) is 3.44. The second-order valence-electron chi connectivity index (χ2n) is 5.24. The van der Waals surface area contributed by atoms with Gasteiger partial charge in [-0.2, -0.15) is 0 Å². The van der Waals surface area contributed by atoms with E-state index in [0.29, 0.717) is 17.0 Å². The average Bonchev–Trinajstić information content (AvgIpc) is 3.06. The number of imidazole rings is 1. The second kappa shape index (κ2) is 5.25. The van der Waals surface area contributed by atoms with Crippen LogP contribution >= 0.6 is 0 Å². The molecule has 0 radical (unpaired) electrons. The predicted molar refractivity (Wildman–Crippen MR) is 74.8 cm³/mol. The molecule has 0 saturated carbocycles. The van der Waals surface area contributed by atoms with Gasteiger partial charge in [-0.1, -0.05) is 13.0 Å². The van der Waals surface area contributed by atoms with Gasteiger partial charge in [0, 0.05) is 19.1 Å². The maximum atomic E-state index is 11.4. The molecule has 2 atom stereocenters. The third-order valence-corrected chi connectivity index (χ3v) is 4.05. The highest BCUT2D eigenvalue weighted by Gasteiger charge is 2.27. The molecule has 106 valence electrons. The van der Waals surface area contributed by atoms with Crippen molar-refractivity contribution in [3.05, 3.63) is 30.1 Å². The highest BCUT2D eigenvalue weighted by molar-refractivity contribution is 6.01. The van der Waals surface area contributed by atoms with Gasteiger partial charge in [-0.25, -0.2) is 9.78 Å². The number of fused-ring (bicyclic) bond motifs is 1. The molecule has 3 rings (SSSR count). The number of carbonyl (C=O) groups is 1. The molecule has 1 aliphatic rings. The number of ether oxygens (including phenoxy) is 1. The molecule has 5 nitrogen and oxygen atoms in total. The number of carboxylic acids is 1. The van der Waals surface area contributed by atoms with Crippen molar-refractivity contribution in [1.82, 2.24) is 9.55 Å². The minimum Gasteiger partial charge on any atom is -0.478 e. The number of hydrogen-bond donors (Lipinski definition) is 1. The Bertz CT molecular complexity index is 635. The van der Waals surface area contributed by atoms with Crippen LogP contribution in [-0.2, 0) is 11.3 Å². The van der Waals surface area contributed by atoms with Crippen LogP contribution in [0.5, 0.6) is 0 Å². The van der Waals surface area contributed by atoms with E-state index in [1.54, 1.807) is 18.5 Å². The number of aromatic carboxylic acids is 1. The molecular weight excluding hydrogens is 256 g/mol. The molecule has 2 unspecified atom stereocenters. The summed E-state index contributed by atoms with van der Waals surface area (Å²) in [5, 5.41) is 9.32. The lowest BCUT2D eigenvalue weighted by Gasteiger charge is -2.18. The molecule has 0 bridgehead atoms. The maximum Gasteiger partial charge on any atom is 0.337 e. The molecule has 1 aromatic carbocycles. The van der Waals surface area contributed by atoms with Crippen molar-refractivity contribution in [2.45, 2.75) is 32.4 Å². The van der Waals surface area contributed by atoms with Gasteiger partial charge in [-0.05, 0) is 25.0 Å². The van der Waals surface area contributed by atoms with E-state index in [9.17, 15) is 9.90 Å². The third-order valence-electron chi connectivity index (χ3n) is 4.05. The predicted octanol–water partition coefficient (Wildman–Crippen LogP) is 2.55. The molecule has 1 fully saturated rings. The topological polar surface area (TPSA) is 64.4 Å². The molecule has 1 N–H and O–H groups in total. The smallest absolute Gasteiger partial charge is 0.337 e. The van der Waals surface area contributed by atoms with Gasteiger partial charge in [0.05, 0.1) is 29.0 Å². The Morgan fingerprint density at radius 3 is 3.15 bits per heavy atom. The first-order valence-electron chi connectivity index (χ1n) is 6.99. The minimum absolute atomic E-state index is 0.268. The third kappa shape index (κ3) is 2.18. The normalized spacial score (nSPS) is 22.4. The Labute approximate surface area is 117 Å². The first-order valence-corrected chi connectivity index (χ1v) is 6.99. The molecule has 5 heteroatoms. The van der Waals surface area contributed by atoms with Crippen molar-refractivity contribution < 1.29 is 14.6 Å². The van der Waals surface area contributed by atoms with Gasteiger partial charge in [-0.15, -0.1) is 0 Å². The monoisotopic (exact) mass is 274 g/mol. The Morgan fingerprint density at radius 2 is 2.40 bits per heavy atom. The fraction of sp³-hybridized carbons (Fsp3) is 0.467. The van der Waals surface area contributed by atoms with Gasteiger partial charge in [0.1, 0.15) is 0 Å². The fourth-order valence-electron chi connectivity index (χ4n) is 3.04. The van der Waals surface area contributed by atoms with E-state index in [-0.39, 0.29) is 6.10 Å². The molecule has 1 aromatic heterocycles. The van der Waals surface area contributed by atoms with Gasteiger partial charge in [-0.3, -0.25) is 0 Å². The first kappa shape index (κ1) is 13.1. The maximum absolute atomic E-state index is 11.4. The van der Waals surface area contributed by atoms with Crippen LogP contribution in [0.1, 0.15) is 30.1 Å². The molecule has 1 aliphatic heterocycles. The largest absolute Gasteiger partial charge is 0.478 e. The number of benzene rings is 1. The summed E-state index contributed by atoms with van der Waals surface area (Å²) in [5.74, 6) is -0.480. The van der Waals surface area contributed by atoms with Crippen LogP contribution in [0, 0.1) is 5.92 Å². The zero-order valence-electron chi connectivity index (χ0n) is 11.5. The highest BCUT2D eigenvalue weighted by atomic mass is 16.5. The van der Waals surface area contributed by atoms with Crippen LogP contribution in [0.3, 0.4) is 0 Å². The van der Waals surface area contributed by atoms with E-state index >= 15 is 0 Å². The van der Waals surface area contributed by atoms with E-state index < -0.39 is 5.97 Å². The van der Waals surface area contributed by atoms with E-state index in [1.807, 2.05) is 10.6 Å². The fourth-order valence-corrected chi connectivity index (χ4v) is 3.04. The minimum atomic E-state index is -0.910. The van der Waals surface area contributed by atoms with Crippen LogP contribution in [-0.4, -0.2) is 33.3 Å². The second-order valence-corrected chi connectivity index (χ2v) is 5.24. The van der Waals surface area contributed by atoms with Gasteiger partial charge in [0.2, 0.25) is 0 Å². The first-order chi connectivity index (χ1) is 9.70. The number of carboxylic acid groups (broad SMARTS) is 1. The summed E-state index contributed by atoms with van der Waals surface area (Å²) in [6.45, 7) is 3.68. The Hall–Kier alpha value is -1.88. The number of aromatic nitrogens is 2. The molecule has 2 heterocycles. The van der Waals surface area contributed by atoms with Crippen molar-refractivity contribution in [2.24, 2.45) is 5.92 Å². The average molecular weight is 274 g/mol. The molecule has 20 heavy (non-hydrogen) atoms. The molecule has 0 aliphatic carbocycles. The number of rotatable bonds is 4. The SMILES string of the molecule is CCC1OCCC1Cn1cnc2cccc(C(=O)O)c21. The Morgan fingerprint density at radius 1 is 1.55 bits per heavy atom. The van der Waals surface area contributed by atoms with Crippen LogP contribution < -0.4 is 0 Å². The van der Waals surface area contributed by atoms with Gasteiger partial charge in [0.25, 0.3) is 0 Å². The number of nitrogens with zero attached hydrogens (tertiary/aromatic N) is 2. The lowest BCUT2D eigenvalue weighted by molar-refractivity contribution is 0.0698. The van der Waals surface area contributed by atoms with Gasteiger partial charge >= 0.3 is 5.97 Å². The number of hydrogen-bond acceptors (Lipinski definition) is 3. The van der Waals surface area contributed by atoms with Crippen molar-refractivity contribution in [1.29, 1.82) is 0 Å². The van der Waals surface area contributed by atoms with E-state index in [1.165, 1.54) is 0 Å². The van der Waals surface area contributed by atoms with Crippen molar-refractivity contribution in [3.8, 4) is 0 Å². The summed E-state index contributed by atoms with van der Waals surface area (Å²) in [5.41, 5.74) is 1.76. The molecular formula is C15H18N2O3. The summed E-state index contributed by atoms with van der Waals surface area (Å²) >= 11 is 0. The standard InChI is InChI=1S/C15H18N2O3/c1-2-13-10(6-7-20-13)8-17-9-16-12-5-3-4-11(14(12)17)15(18)19/h3-5,9-10,13H,2,6-8H2,1H3,(H,18,19). The van der Waals surface area contributed by atoms with E-state index in [0.717, 1.165) is 31.5 Å². The van der Waals surface area contributed by atoms with E-state index in [4.69, 9.17) is 4.74 Å². The summed E-state index contributed by atoms with van der Waals surface area (Å²) in [6.07, 6.45) is 4.02. The van der Waals surface area contributed by atoms with Crippen LogP contribution in [0.4, 0.5) is 0 Å². The number of para-hydroxylation sites is 1. The van der Waals surface area contributed by atoms with Crippen molar-refractivity contribution >= 4 is 17.0 Å². The molecule has 1 saturated heterocycles. The summed E-state index contributed by atoms with van der Waals surface area (Å²) in [7, 11) is 0. The van der Waals surface area contributed by atoms with Crippen LogP contribution in [0.2, 0.25) is 0 Å². The lowest BCUT2D eigenvalue weighted by Crippen LogP contribution is -2.20. The van der Waals surface area contributed by atoms with Crippen LogP contribution in [0.25, 0.3) is 11.0 Å². The molecule has 2 aromatic rings. The Balaban J connectivity index is 1.97. The zero-order chi connectivity index (χ0) is 14.1. The quantitative estimate of drug-likeness (QED) is 0.930. The molecule has 0 amide bonds.